The molecule has 3 N–H and O–H groups in total. The molecule has 0 radical (unpaired) electrons. The quantitative estimate of drug-likeness (QED) is 0.583. The first-order valence-corrected chi connectivity index (χ1v) is 11.1. The summed E-state index contributed by atoms with van der Waals surface area (Å²) in [6, 6.07) is 12.4. The molecule has 32 heavy (non-hydrogen) atoms. The van der Waals surface area contributed by atoms with Crippen LogP contribution < -0.4 is 25.4 Å². The van der Waals surface area contributed by atoms with Crippen molar-refractivity contribution in [1.29, 1.82) is 0 Å². The van der Waals surface area contributed by atoms with E-state index in [1.54, 1.807) is 0 Å². The van der Waals surface area contributed by atoms with Crippen molar-refractivity contribution in [2.45, 2.75) is 52.7 Å². The van der Waals surface area contributed by atoms with E-state index in [-0.39, 0.29) is 23.9 Å². The maximum atomic E-state index is 13.0. The third-order valence-electron chi connectivity index (χ3n) is 5.33. The van der Waals surface area contributed by atoms with E-state index in [0.717, 1.165) is 11.1 Å². The van der Waals surface area contributed by atoms with Crippen LogP contribution in [0.3, 0.4) is 0 Å². The standard InChI is InChI=1S/C25H33N3O4/c1-16(2)13-21(28-25(30)26-15-19-7-5-17(3)6-8-19)24(29)27-18(4)20-9-10-22-23(14-20)32-12-11-31-22/h5-10,14,16,18,21H,11-13,15H2,1-4H3,(H,27,29)(H2,26,28,30). The maximum absolute atomic E-state index is 13.0. The minimum atomic E-state index is -0.632. The molecule has 1 aliphatic rings. The number of aryl methyl sites for hydroxylation is 1. The van der Waals surface area contributed by atoms with Crippen molar-refractivity contribution in [3.05, 3.63) is 59.2 Å². The maximum Gasteiger partial charge on any atom is 0.315 e. The van der Waals surface area contributed by atoms with Crippen LogP contribution in [0.15, 0.2) is 42.5 Å². The number of hydrogen-bond donors (Lipinski definition) is 3. The van der Waals surface area contributed by atoms with Crippen molar-refractivity contribution in [2.24, 2.45) is 5.92 Å². The summed E-state index contributed by atoms with van der Waals surface area (Å²) in [5.74, 6) is 1.42. The van der Waals surface area contributed by atoms with Gasteiger partial charge in [-0.2, -0.15) is 0 Å². The Balaban J connectivity index is 1.58. The number of rotatable bonds is 8. The molecule has 2 atom stereocenters. The molecule has 2 unspecified atom stereocenters. The number of urea groups is 1. The highest BCUT2D eigenvalue weighted by Gasteiger charge is 2.24. The van der Waals surface area contributed by atoms with Crippen molar-refractivity contribution >= 4 is 11.9 Å². The van der Waals surface area contributed by atoms with Gasteiger partial charge in [-0.15, -0.1) is 0 Å². The number of carbonyl (C=O) groups excluding carboxylic acids is 2. The fraction of sp³-hybridized carbons (Fsp3) is 0.440. The molecular formula is C25H33N3O4. The highest BCUT2D eigenvalue weighted by atomic mass is 16.6. The second-order valence-electron chi connectivity index (χ2n) is 8.63. The van der Waals surface area contributed by atoms with Crippen LogP contribution in [-0.4, -0.2) is 31.2 Å². The Bertz CT molecular complexity index is 927. The average Bonchev–Trinajstić information content (AvgIpc) is 2.77. The van der Waals surface area contributed by atoms with Crippen LogP contribution in [0.2, 0.25) is 0 Å². The van der Waals surface area contributed by atoms with E-state index in [1.807, 2.05) is 70.2 Å². The normalized spacial score (nSPS) is 14.4. The van der Waals surface area contributed by atoms with Crippen LogP contribution in [0.5, 0.6) is 11.5 Å². The van der Waals surface area contributed by atoms with Gasteiger partial charge in [0.15, 0.2) is 11.5 Å². The molecule has 0 spiro atoms. The number of carbonyl (C=O) groups is 2. The van der Waals surface area contributed by atoms with E-state index in [2.05, 4.69) is 16.0 Å². The molecule has 7 nitrogen and oxygen atoms in total. The van der Waals surface area contributed by atoms with Gasteiger partial charge in [-0.1, -0.05) is 49.7 Å². The highest BCUT2D eigenvalue weighted by Crippen LogP contribution is 2.32. The Morgan fingerprint density at radius 3 is 2.31 bits per heavy atom. The molecule has 0 aliphatic carbocycles. The van der Waals surface area contributed by atoms with Gasteiger partial charge in [-0.05, 0) is 49.4 Å². The van der Waals surface area contributed by atoms with E-state index in [9.17, 15) is 9.59 Å². The lowest BCUT2D eigenvalue weighted by Crippen LogP contribution is -2.50. The molecule has 2 aromatic carbocycles. The predicted molar refractivity (Wildman–Crippen MR) is 124 cm³/mol. The first-order chi connectivity index (χ1) is 15.3. The number of ether oxygens (including phenoxy) is 2. The third kappa shape index (κ3) is 6.64. The summed E-state index contributed by atoms with van der Waals surface area (Å²) in [4.78, 5) is 25.5. The second-order valence-corrected chi connectivity index (χ2v) is 8.63. The van der Waals surface area contributed by atoms with E-state index >= 15 is 0 Å². The first kappa shape index (κ1) is 23.4. The van der Waals surface area contributed by atoms with E-state index in [1.165, 1.54) is 5.56 Å². The predicted octanol–water partition coefficient (Wildman–Crippen LogP) is 3.86. The SMILES string of the molecule is Cc1ccc(CNC(=O)NC(CC(C)C)C(=O)NC(C)c2ccc3c(c2)OCCO3)cc1. The summed E-state index contributed by atoms with van der Waals surface area (Å²) in [6.45, 7) is 9.42. The van der Waals surface area contributed by atoms with Crippen molar-refractivity contribution in [3.8, 4) is 11.5 Å². The summed E-state index contributed by atoms with van der Waals surface area (Å²) < 4.78 is 11.2. The van der Waals surface area contributed by atoms with Crippen LogP contribution in [0.4, 0.5) is 4.79 Å². The fourth-order valence-electron chi connectivity index (χ4n) is 3.53. The zero-order valence-electron chi connectivity index (χ0n) is 19.2. The number of benzene rings is 2. The van der Waals surface area contributed by atoms with E-state index in [0.29, 0.717) is 37.7 Å². The van der Waals surface area contributed by atoms with Crippen molar-refractivity contribution in [3.63, 3.8) is 0 Å². The van der Waals surface area contributed by atoms with E-state index < -0.39 is 6.04 Å². The van der Waals surface area contributed by atoms with Crippen LogP contribution in [0.1, 0.15) is 49.9 Å². The van der Waals surface area contributed by atoms with Crippen molar-refractivity contribution < 1.29 is 19.1 Å². The zero-order chi connectivity index (χ0) is 23.1. The molecular weight excluding hydrogens is 406 g/mol. The highest BCUT2D eigenvalue weighted by molar-refractivity contribution is 5.87. The lowest BCUT2D eigenvalue weighted by molar-refractivity contribution is -0.124. The van der Waals surface area contributed by atoms with Crippen LogP contribution >= 0.6 is 0 Å². The fourth-order valence-corrected chi connectivity index (χ4v) is 3.53. The molecule has 0 saturated heterocycles. The lowest BCUT2D eigenvalue weighted by Gasteiger charge is -2.24. The minimum Gasteiger partial charge on any atom is -0.486 e. The summed E-state index contributed by atoms with van der Waals surface area (Å²) >= 11 is 0. The largest absolute Gasteiger partial charge is 0.486 e. The summed E-state index contributed by atoms with van der Waals surface area (Å²) in [5, 5.41) is 8.68. The summed E-state index contributed by atoms with van der Waals surface area (Å²) in [5.41, 5.74) is 3.08. The van der Waals surface area contributed by atoms with Gasteiger partial charge in [0.2, 0.25) is 5.91 Å². The third-order valence-corrected chi connectivity index (χ3v) is 5.33. The molecule has 1 aliphatic heterocycles. The lowest BCUT2D eigenvalue weighted by atomic mass is 10.0. The molecule has 0 aromatic heterocycles. The van der Waals surface area contributed by atoms with Crippen LogP contribution in [-0.2, 0) is 11.3 Å². The summed E-state index contributed by atoms with van der Waals surface area (Å²) in [6.07, 6.45) is 0.539. The summed E-state index contributed by atoms with van der Waals surface area (Å²) in [7, 11) is 0. The van der Waals surface area contributed by atoms with Gasteiger partial charge in [-0.25, -0.2) is 4.79 Å². The Labute approximate surface area is 189 Å². The Morgan fingerprint density at radius 2 is 1.62 bits per heavy atom. The van der Waals surface area contributed by atoms with Crippen molar-refractivity contribution in [2.75, 3.05) is 13.2 Å². The smallest absolute Gasteiger partial charge is 0.315 e. The number of amides is 3. The van der Waals surface area contributed by atoms with Gasteiger partial charge in [0.05, 0.1) is 6.04 Å². The molecule has 2 aromatic rings. The molecule has 0 bridgehead atoms. The minimum absolute atomic E-state index is 0.216. The molecule has 0 fully saturated rings. The number of nitrogens with one attached hydrogen (secondary N) is 3. The Kier molecular flexibility index (Phi) is 7.98. The van der Waals surface area contributed by atoms with Gasteiger partial charge < -0.3 is 25.4 Å². The van der Waals surface area contributed by atoms with Crippen LogP contribution in [0.25, 0.3) is 0 Å². The second kappa shape index (κ2) is 10.9. The van der Waals surface area contributed by atoms with Crippen molar-refractivity contribution in [1.82, 2.24) is 16.0 Å². The van der Waals surface area contributed by atoms with Gasteiger partial charge in [0.25, 0.3) is 0 Å². The topological polar surface area (TPSA) is 88.7 Å². The molecule has 172 valence electrons. The first-order valence-electron chi connectivity index (χ1n) is 11.1. The van der Waals surface area contributed by atoms with E-state index in [4.69, 9.17) is 9.47 Å². The molecule has 0 saturated carbocycles. The molecule has 3 rings (SSSR count). The van der Waals surface area contributed by atoms with Gasteiger partial charge in [0.1, 0.15) is 19.3 Å². The van der Waals surface area contributed by atoms with Gasteiger partial charge >= 0.3 is 6.03 Å². The van der Waals surface area contributed by atoms with Gasteiger partial charge in [0, 0.05) is 6.54 Å². The zero-order valence-corrected chi connectivity index (χ0v) is 19.2. The molecule has 7 heteroatoms. The average molecular weight is 440 g/mol. The monoisotopic (exact) mass is 439 g/mol. The Hall–Kier alpha value is -3.22. The van der Waals surface area contributed by atoms with Gasteiger partial charge in [-0.3, -0.25) is 4.79 Å². The molecule has 1 heterocycles. The number of hydrogen-bond acceptors (Lipinski definition) is 4. The van der Waals surface area contributed by atoms with Crippen LogP contribution in [0, 0.1) is 12.8 Å². The molecule has 3 amide bonds. The Morgan fingerprint density at radius 1 is 0.938 bits per heavy atom. The number of fused-ring (bicyclic) bond motifs is 1.